The van der Waals surface area contributed by atoms with Gasteiger partial charge in [-0.25, -0.2) is 8.42 Å². The third-order valence-electron chi connectivity index (χ3n) is 4.62. The van der Waals surface area contributed by atoms with Gasteiger partial charge >= 0.3 is 0 Å². The molecule has 0 fully saturated rings. The van der Waals surface area contributed by atoms with Crippen molar-refractivity contribution in [1.29, 1.82) is 0 Å². The van der Waals surface area contributed by atoms with Crippen LogP contribution in [0.15, 0.2) is 53.4 Å². The lowest BCUT2D eigenvalue weighted by molar-refractivity contribution is 0.103. The molecule has 2 aromatic carbocycles. The van der Waals surface area contributed by atoms with Gasteiger partial charge in [-0.3, -0.25) is 9.52 Å². The Labute approximate surface area is 177 Å². The molecule has 0 unspecified atom stereocenters. The Morgan fingerprint density at radius 1 is 1.07 bits per heavy atom. The maximum Gasteiger partial charge on any atom is 0.265 e. The predicted octanol–water partition coefficient (Wildman–Crippen LogP) is 4.65. The van der Waals surface area contributed by atoms with Crippen LogP contribution in [0.2, 0.25) is 5.02 Å². The zero-order chi connectivity index (χ0) is 20.6. The molecule has 3 N–H and O–H groups in total. The molecule has 3 aromatic rings. The van der Waals surface area contributed by atoms with E-state index in [1.165, 1.54) is 40.0 Å². The Bertz CT molecular complexity index is 1180. The summed E-state index contributed by atoms with van der Waals surface area (Å²) in [6, 6.07) is 12.0. The van der Waals surface area contributed by atoms with Crippen LogP contribution in [0.4, 0.5) is 11.4 Å². The summed E-state index contributed by atoms with van der Waals surface area (Å²) in [7, 11) is -3.97. The molecule has 1 heterocycles. The Morgan fingerprint density at radius 2 is 1.86 bits per heavy atom. The summed E-state index contributed by atoms with van der Waals surface area (Å²) in [5.41, 5.74) is 1.44. The number of hydrogen-bond donors (Lipinski definition) is 3. The number of phenols is 1. The number of amides is 1. The zero-order valence-corrected chi connectivity index (χ0v) is 17.5. The number of aromatic hydroxyl groups is 1. The molecule has 0 atom stereocenters. The molecule has 0 saturated heterocycles. The Morgan fingerprint density at radius 3 is 2.62 bits per heavy atom. The molecular weight excluding hydrogens is 432 g/mol. The van der Waals surface area contributed by atoms with E-state index in [-0.39, 0.29) is 32.9 Å². The molecule has 0 bridgehead atoms. The normalized spacial score (nSPS) is 13.1. The monoisotopic (exact) mass is 448 g/mol. The van der Waals surface area contributed by atoms with Gasteiger partial charge in [0.1, 0.15) is 5.75 Å². The van der Waals surface area contributed by atoms with Gasteiger partial charge in [-0.15, -0.1) is 11.3 Å². The van der Waals surface area contributed by atoms with Crippen molar-refractivity contribution in [2.24, 2.45) is 0 Å². The first kappa shape index (κ1) is 19.8. The number of fused-ring (bicyclic) bond motifs is 1. The number of carbonyl (C=O) groups is 1. The highest BCUT2D eigenvalue weighted by molar-refractivity contribution is 7.92. The number of benzene rings is 2. The number of sulfonamides is 1. The lowest BCUT2D eigenvalue weighted by Crippen LogP contribution is -2.15. The highest BCUT2D eigenvalue weighted by atomic mass is 35.5. The van der Waals surface area contributed by atoms with Crippen molar-refractivity contribution >= 4 is 50.2 Å². The first-order valence-corrected chi connectivity index (χ1v) is 11.5. The molecule has 0 radical (unpaired) electrons. The average Bonchev–Trinajstić information content (AvgIpc) is 3.27. The summed E-state index contributed by atoms with van der Waals surface area (Å²) >= 11 is 7.45. The van der Waals surface area contributed by atoms with Crippen LogP contribution in [0.25, 0.3) is 0 Å². The summed E-state index contributed by atoms with van der Waals surface area (Å²) < 4.78 is 27.8. The van der Waals surface area contributed by atoms with Crippen LogP contribution in [0.5, 0.6) is 5.75 Å². The topological polar surface area (TPSA) is 95.5 Å². The Balaban J connectivity index is 1.58. The predicted molar refractivity (Wildman–Crippen MR) is 115 cm³/mol. The molecule has 0 aliphatic heterocycles. The first-order valence-electron chi connectivity index (χ1n) is 8.87. The number of thiophene rings is 1. The van der Waals surface area contributed by atoms with E-state index in [2.05, 4.69) is 10.0 Å². The quantitative estimate of drug-likeness (QED) is 0.495. The molecule has 29 heavy (non-hydrogen) atoms. The van der Waals surface area contributed by atoms with E-state index in [1.807, 2.05) is 6.07 Å². The minimum absolute atomic E-state index is 0.0191. The minimum atomic E-state index is -3.97. The molecule has 9 heteroatoms. The summed E-state index contributed by atoms with van der Waals surface area (Å²) in [5, 5.41) is 13.0. The summed E-state index contributed by atoms with van der Waals surface area (Å²) in [6.45, 7) is 0. The van der Waals surface area contributed by atoms with Gasteiger partial charge in [0.15, 0.2) is 0 Å². The van der Waals surface area contributed by atoms with Crippen molar-refractivity contribution in [3.8, 4) is 5.75 Å². The van der Waals surface area contributed by atoms with Gasteiger partial charge in [0.25, 0.3) is 15.9 Å². The van der Waals surface area contributed by atoms with Gasteiger partial charge in [0, 0.05) is 4.88 Å². The summed E-state index contributed by atoms with van der Waals surface area (Å²) in [5.74, 6) is -0.604. The van der Waals surface area contributed by atoms with Crippen LogP contribution in [-0.4, -0.2) is 19.4 Å². The van der Waals surface area contributed by atoms with Crippen LogP contribution in [-0.2, 0) is 22.9 Å². The second-order valence-electron chi connectivity index (χ2n) is 6.63. The standard InChI is InChI=1S/C20H17ClN2O4S2/c21-14-5-1-2-6-15(14)23-29(26,27)13-8-9-17(24)16(11-13)22-20(25)19-10-12-4-3-7-18(12)28-19/h1-2,5-6,8-11,23-24H,3-4,7H2,(H,22,25). The maximum absolute atomic E-state index is 12.7. The molecule has 0 saturated carbocycles. The van der Waals surface area contributed by atoms with E-state index in [0.717, 1.165) is 19.3 Å². The van der Waals surface area contributed by atoms with Gasteiger partial charge in [-0.2, -0.15) is 0 Å². The van der Waals surface area contributed by atoms with Gasteiger partial charge in [0.2, 0.25) is 0 Å². The number of anilines is 2. The maximum atomic E-state index is 12.7. The molecular formula is C20H17ClN2O4S2. The largest absolute Gasteiger partial charge is 0.506 e. The number of nitrogens with one attached hydrogen (secondary N) is 2. The molecule has 1 aliphatic carbocycles. The number of para-hydroxylation sites is 1. The van der Waals surface area contributed by atoms with E-state index < -0.39 is 10.0 Å². The minimum Gasteiger partial charge on any atom is -0.506 e. The lowest BCUT2D eigenvalue weighted by atomic mass is 10.2. The molecule has 150 valence electrons. The number of aryl methyl sites for hydroxylation is 2. The number of hydrogen-bond acceptors (Lipinski definition) is 5. The molecule has 1 amide bonds. The third-order valence-corrected chi connectivity index (χ3v) is 7.54. The van der Waals surface area contributed by atoms with E-state index in [0.29, 0.717) is 4.88 Å². The molecule has 4 rings (SSSR count). The van der Waals surface area contributed by atoms with Crippen molar-refractivity contribution in [2.45, 2.75) is 24.2 Å². The Kier molecular flexibility index (Phi) is 5.24. The number of rotatable bonds is 5. The SMILES string of the molecule is O=C(Nc1cc(S(=O)(=O)Nc2ccccc2Cl)ccc1O)c1cc2c(s1)CCC2. The van der Waals surface area contributed by atoms with E-state index in [4.69, 9.17) is 11.6 Å². The number of phenolic OH excluding ortho intramolecular Hbond substituents is 1. The summed E-state index contributed by atoms with van der Waals surface area (Å²) in [6.07, 6.45) is 3.04. The fourth-order valence-corrected chi connectivity index (χ4v) is 5.65. The second kappa shape index (κ2) is 7.70. The smallest absolute Gasteiger partial charge is 0.265 e. The van der Waals surface area contributed by atoms with E-state index in [9.17, 15) is 18.3 Å². The van der Waals surface area contributed by atoms with Gasteiger partial charge in [-0.05, 0) is 61.2 Å². The lowest BCUT2D eigenvalue weighted by Gasteiger charge is -2.12. The first-order chi connectivity index (χ1) is 13.8. The van der Waals surface area contributed by atoms with Crippen molar-refractivity contribution in [3.05, 3.63) is 68.9 Å². The average molecular weight is 449 g/mol. The molecule has 1 aromatic heterocycles. The van der Waals surface area contributed by atoms with Crippen LogP contribution >= 0.6 is 22.9 Å². The second-order valence-corrected chi connectivity index (χ2v) is 9.86. The third kappa shape index (κ3) is 4.10. The molecule has 0 spiro atoms. The van der Waals surface area contributed by atoms with Crippen LogP contribution < -0.4 is 10.0 Å². The highest BCUT2D eigenvalue weighted by Crippen LogP contribution is 2.33. The zero-order valence-electron chi connectivity index (χ0n) is 15.1. The molecule has 6 nitrogen and oxygen atoms in total. The van der Waals surface area contributed by atoms with E-state index >= 15 is 0 Å². The van der Waals surface area contributed by atoms with Crippen LogP contribution in [0.3, 0.4) is 0 Å². The van der Waals surface area contributed by atoms with Crippen molar-refractivity contribution in [1.82, 2.24) is 0 Å². The fourth-order valence-electron chi connectivity index (χ4n) is 3.15. The van der Waals surface area contributed by atoms with Gasteiger partial charge < -0.3 is 10.4 Å². The summed E-state index contributed by atoms with van der Waals surface area (Å²) in [4.78, 5) is 14.2. The van der Waals surface area contributed by atoms with Crippen molar-refractivity contribution in [3.63, 3.8) is 0 Å². The molecule has 1 aliphatic rings. The van der Waals surface area contributed by atoms with Crippen molar-refractivity contribution < 1.29 is 18.3 Å². The van der Waals surface area contributed by atoms with Gasteiger partial charge in [0.05, 0.1) is 26.2 Å². The van der Waals surface area contributed by atoms with E-state index in [1.54, 1.807) is 24.3 Å². The number of carbonyl (C=O) groups excluding carboxylic acids is 1. The Hall–Kier alpha value is -2.55. The van der Waals surface area contributed by atoms with Crippen molar-refractivity contribution in [2.75, 3.05) is 10.0 Å². The van der Waals surface area contributed by atoms with Gasteiger partial charge in [-0.1, -0.05) is 23.7 Å². The fraction of sp³-hybridized carbons (Fsp3) is 0.150. The van der Waals surface area contributed by atoms with Crippen LogP contribution in [0, 0.1) is 0 Å². The highest BCUT2D eigenvalue weighted by Gasteiger charge is 2.21. The number of halogens is 1. The van der Waals surface area contributed by atoms with Crippen LogP contribution in [0.1, 0.15) is 26.5 Å².